The molecule has 3 atom stereocenters. The van der Waals surface area contributed by atoms with E-state index >= 15 is 0 Å². The van der Waals surface area contributed by atoms with Crippen LogP contribution in [-0.4, -0.2) is 36.6 Å². The van der Waals surface area contributed by atoms with Crippen LogP contribution < -0.4 is 10.2 Å². The molecule has 2 aliphatic heterocycles. The van der Waals surface area contributed by atoms with Crippen LogP contribution in [0.25, 0.3) is 0 Å². The molecule has 2 aliphatic rings. The molecule has 2 heterocycles. The summed E-state index contributed by atoms with van der Waals surface area (Å²) < 4.78 is 1.92. The van der Waals surface area contributed by atoms with Crippen LogP contribution in [0.15, 0.2) is 68.7 Å². The van der Waals surface area contributed by atoms with Gasteiger partial charge in [-0.3, -0.25) is 4.99 Å². The van der Waals surface area contributed by atoms with Crippen LogP contribution in [0.3, 0.4) is 0 Å². The minimum absolute atomic E-state index is 0.131. The Kier molecular flexibility index (Phi) is 5.16. The van der Waals surface area contributed by atoms with Gasteiger partial charge in [0.05, 0.1) is 12.1 Å². The Bertz CT molecular complexity index is 853. The van der Waals surface area contributed by atoms with Gasteiger partial charge in [0.15, 0.2) is 0 Å². The molecule has 0 radical (unpaired) electrons. The fourth-order valence-electron chi connectivity index (χ4n) is 3.60. The van der Waals surface area contributed by atoms with Gasteiger partial charge in [0.2, 0.25) is 0 Å². The van der Waals surface area contributed by atoms with Crippen molar-refractivity contribution in [3.63, 3.8) is 0 Å². The molecule has 26 heavy (non-hydrogen) atoms. The van der Waals surface area contributed by atoms with Crippen molar-refractivity contribution < 1.29 is 5.11 Å². The summed E-state index contributed by atoms with van der Waals surface area (Å²) in [5.41, 5.74) is 3.43. The maximum absolute atomic E-state index is 10.6. The Morgan fingerprint density at radius 3 is 2.77 bits per heavy atom. The second-order valence-corrected chi connectivity index (χ2v) is 8.27. The van der Waals surface area contributed by atoms with E-state index in [4.69, 9.17) is 0 Å². The minimum Gasteiger partial charge on any atom is -0.389 e. The lowest BCUT2D eigenvalue weighted by molar-refractivity contribution is 0.192. The van der Waals surface area contributed by atoms with Gasteiger partial charge in [-0.15, -0.1) is 0 Å². The lowest BCUT2D eigenvalue weighted by atomic mass is 9.94. The number of rotatable bonds is 5. The van der Waals surface area contributed by atoms with E-state index < -0.39 is 6.10 Å². The van der Waals surface area contributed by atoms with Crippen LogP contribution in [0.4, 0.5) is 11.4 Å². The molecule has 2 N–H and O–H groups in total. The number of nitrogens with one attached hydrogen (secondary N) is 1. The molecule has 0 aromatic heterocycles. The lowest BCUT2D eigenvalue weighted by Gasteiger charge is -2.30. The molecule has 4 nitrogen and oxygen atoms in total. The van der Waals surface area contributed by atoms with Crippen molar-refractivity contribution in [2.75, 3.05) is 23.3 Å². The molecule has 0 saturated carbocycles. The Hall–Kier alpha value is -1.63. The Balaban J connectivity index is 1.52. The van der Waals surface area contributed by atoms with Crippen molar-refractivity contribution in [3.05, 3.63) is 69.2 Å². The molecular formula is C20H19Br2N3O. The number of benzene rings is 2. The molecule has 0 spiro atoms. The third kappa shape index (κ3) is 3.59. The molecule has 0 saturated heterocycles. The van der Waals surface area contributed by atoms with Gasteiger partial charge in [-0.05, 0) is 57.9 Å². The number of nitrogens with zero attached hydrogens (tertiary/aromatic N) is 2. The monoisotopic (exact) mass is 475 g/mol. The fourth-order valence-corrected chi connectivity index (χ4v) is 4.38. The smallest absolute Gasteiger partial charge is 0.102 e. The number of halogens is 2. The SMILES string of the molecule is OC(CNc1ccccc1)CN1c2ccc(Br)cc2C2C=C(Br)N=CC21. The highest BCUT2D eigenvalue weighted by molar-refractivity contribution is 9.11. The average Bonchev–Trinajstić information content (AvgIpc) is 2.93. The van der Waals surface area contributed by atoms with Gasteiger partial charge < -0.3 is 15.3 Å². The third-order valence-electron chi connectivity index (χ3n) is 4.78. The van der Waals surface area contributed by atoms with Gasteiger partial charge in [-0.1, -0.05) is 34.1 Å². The van der Waals surface area contributed by atoms with Crippen molar-refractivity contribution in [1.29, 1.82) is 0 Å². The number of anilines is 2. The highest BCUT2D eigenvalue weighted by atomic mass is 79.9. The Morgan fingerprint density at radius 1 is 1.15 bits per heavy atom. The molecule has 3 unspecified atom stereocenters. The first kappa shape index (κ1) is 17.8. The number of fused-ring (bicyclic) bond motifs is 3. The van der Waals surface area contributed by atoms with Crippen LogP contribution >= 0.6 is 31.9 Å². The van der Waals surface area contributed by atoms with E-state index in [0.29, 0.717) is 13.1 Å². The van der Waals surface area contributed by atoms with Crippen molar-refractivity contribution in [3.8, 4) is 0 Å². The van der Waals surface area contributed by atoms with E-state index in [0.717, 1.165) is 20.5 Å². The van der Waals surface area contributed by atoms with E-state index in [2.05, 4.69) is 65.3 Å². The lowest BCUT2D eigenvalue weighted by Crippen LogP contribution is -2.42. The molecule has 2 aromatic carbocycles. The number of β-amino-alcohol motifs (C(OH)–C–C–N with tert-alkyl or cyclic N) is 1. The van der Waals surface area contributed by atoms with Crippen molar-refractivity contribution in [2.24, 2.45) is 4.99 Å². The Labute approximate surface area is 169 Å². The molecule has 0 fully saturated rings. The molecule has 2 aromatic rings. The summed E-state index contributed by atoms with van der Waals surface area (Å²) in [5.74, 6) is 0.239. The van der Waals surface area contributed by atoms with Crippen LogP contribution in [-0.2, 0) is 0 Å². The predicted octanol–water partition coefficient (Wildman–Crippen LogP) is 4.52. The van der Waals surface area contributed by atoms with Gasteiger partial charge in [-0.2, -0.15) is 0 Å². The maximum atomic E-state index is 10.6. The summed E-state index contributed by atoms with van der Waals surface area (Å²) in [6.07, 6.45) is 3.62. The van der Waals surface area contributed by atoms with E-state index in [9.17, 15) is 5.11 Å². The topological polar surface area (TPSA) is 47.9 Å². The van der Waals surface area contributed by atoms with E-state index in [1.165, 1.54) is 5.56 Å². The minimum atomic E-state index is -0.492. The first-order chi connectivity index (χ1) is 12.6. The number of hydrogen-bond acceptors (Lipinski definition) is 4. The zero-order valence-corrected chi connectivity index (χ0v) is 17.2. The van der Waals surface area contributed by atoms with Gasteiger partial charge in [0.1, 0.15) is 4.61 Å². The van der Waals surface area contributed by atoms with Gasteiger partial charge in [0.25, 0.3) is 0 Å². The predicted molar refractivity (Wildman–Crippen MR) is 114 cm³/mol. The molecule has 4 rings (SSSR count). The summed E-state index contributed by atoms with van der Waals surface area (Å²) >= 11 is 7.06. The molecule has 0 amide bonds. The largest absolute Gasteiger partial charge is 0.389 e. The van der Waals surface area contributed by atoms with Gasteiger partial charge in [0, 0.05) is 41.1 Å². The number of aliphatic imine (C=N–C) groups is 1. The highest BCUT2D eigenvalue weighted by Gasteiger charge is 2.38. The van der Waals surface area contributed by atoms with Crippen molar-refractivity contribution >= 4 is 49.4 Å². The maximum Gasteiger partial charge on any atom is 0.102 e. The molecule has 0 bridgehead atoms. The zero-order chi connectivity index (χ0) is 18.1. The van der Waals surface area contributed by atoms with Crippen molar-refractivity contribution in [2.45, 2.75) is 18.1 Å². The van der Waals surface area contributed by atoms with Crippen molar-refractivity contribution in [1.82, 2.24) is 0 Å². The summed E-state index contributed by atoms with van der Waals surface area (Å²) in [4.78, 5) is 6.68. The number of para-hydroxylation sites is 1. The third-order valence-corrected chi connectivity index (χ3v) is 5.74. The van der Waals surface area contributed by atoms with Crippen LogP contribution in [0, 0.1) is 0 Å². The second kappa shape index (κ2) is 7.55. The van der Waals surface area contributed by atoms with Crippen LogP contribution in [0.2, 0.25) is 0 Å². The Morgan fingerprint density at radius 2 is 1.96 bits per heavy atom. The van der Waals surface area contributed by atoms with Gasteiger partial charge >= 0.3 is 0 Å². The van der Waals surface area contributed by atoms with Crippen LogP contribution in [0.5, 0.6) is 0 Å². The van der Waals surface area contributed by atoms with E-state index in [1.807, 2.05) is 42.6 Å². The zero-order valence-electron chi connectivity index (χ0n) is 14.0. The quantitative estimate of drug-likeness (QED) is 0.624. The van der Waals surface area contributed by atoms with E-state index in [-0.39, 0.29) is 12.0 Å². The van der Waals surface area contributed by atoms with E-state index in [1.54, 1.807) is 0 Å². The molecular weight excluding hydrogens is 458 g/mol. The number of aliphatic hydroxyl groups is 1. The molecule has 0 aliphatic carbocycles. The highest BCUT2D eigenvalue weighted by Crippen LogP contribution is 2.44. The first-order valence-corrected chi connectivity index (χ1v) is 10.1. The molecule has 134 valence electrons. The van der Waals surface area contributed by atoms with Gasteiger partial charge in [-0.25, -0.2) is 0 Å². The summed E-state index contributed by atoms with van der Waals surface area (Å²) in [7, 11) is 0. The summed E-state index contributed by atoms with van der Waals surface area (Å²) in [5, 5.41) is 13.9. The number of aliphatic hydroxyl groups excluding tert-OH is 1. The average molecular weight is 477 g/mol. The molecule has 6 heteroatoms. The summed E-state index contributed by atoms with van der Waals surface area (Å²) in [6.45, 7) is 1.05. The fraction of sp³-hybridized carbons (Fsp3) is 0.250. The standard InChI is InChI=1S/C20H19Br2N3O/c21-13-6-7-18-16(8-13)17-9-20(22)24-11-19(17)25(18)12-15(26)10-23-14-4-2-1-3-5-14/h1-9,11,15,17,19,23,26H,10,12H2. The normalized spacial score (nSPS) is 21.8. The first-order valence-electron chi connectivity index (χ1n) is 8.56. The number of hydrogen-bond donors (Lipinski definition) is 2. The second-order valence-electron chi connectivity index (χ2n) is 6.54. The summed E-state index contributed by atoms with van der Waals surface area (Å²) in [6, 6.07) is 16.4. The van der Waals surface area contributed by atoms with Crippen LogP contribution in [0.1, 0.15) is 11.5 Å².